The molecule has 1 rings (SSSR count). The topological polar surface area (TPSA) is 122 Å². The number of benzene rings is 1. The van der Waals surface area contributed by atoms with Crippen LogP contribution in [0.3, 0.4) is 0 Å². The van der Waals surface area contributed by atoms with Crippen molar-refractivity contribution in [2.45, 2.75) is 13.0 Å². The number of carbonyl (C=O) groups excluding carboxylic acids is 2. The van der Waals surface area contributed by atoms with Gasteiger partial charge in [0, 0.05) is 10.7 Å². The van der Waals surface area contributed by atoms with Gasteiger partial charge in [-0.3, -0.25) is 4.79 Å². The highest BCUT2D eigenvalue weighted by Gasteiger charge is 2.15. The van der Waals surface area contributed by atoms with E-state index in [2.05, 4.69) is 10.6 Å². The monoisotopic (exact) mass is 285 g/mol. The lowest BCUT2D eigenvalue weighted by molar-refractivity contribution is -0.117. The number of aromatic carboxylic acids is 1. The van der Waals surface area contributed by atoms with Crippen LogP contribution in [0, 0.1) is 0 Å². The molecule has 7 nitrogen and oxygen atoms in total. The van der Waals surface area contributed by atoms with Gasteiger partial charge in [0.1, 0.15) is 6.04 Å². The Balaban J connectivity index is 2.84. The summed E-state index contributed by atoms with van der Waals surface area (Å²) in [6.45, 7) is 1.43. The number of carbonyl (C=O) groups is 3. The molecule has 0 saturated heterocycles. The summed E-state index contributed by atoms with van der Waals surface area (Å²) in [7, 11) is 0. The quantitative estimate of drug-likeness (QED) is 0.660. The van der Waals surface area contributed by atoms with Crippen molar-refractivity contribution in [1.29, 1.82) is 0 Å². The minimum Gasteiger partial charge on any atom is -0.478 e. The van der Waals surface area contributed by atoms with Gasteiger partial charge in [-0.1, -0.05) is 11.6 Å². The minimum atomic E-state index is -1.17. The maximum atomic E-state index is 11.7. The zero-order chi connectivity index (χ0) is 14.6. The molecule has 0 spiro atoms. The Bertz CT molecular complexity index is 533. The molecule has 1 aromatic rings. The van der Waals surface area contributed by atoms with Gasteiger partial charge in [0.15, 0.2) is 0 Å². The molecule has 1 aromatic carbocycles. The Morgan fingerprint density at radius 1 is 1.32 bits per heavy atom. The zero-order valence-electron chi connectivity index (χ0n) is 9.94. The first-order chi connectivity index (χ1) is 8.79. The van der Waals surface area contributed by atoms with E-state index < -0.39 is 23.9 Å². The van der Waals surface area contributed by atoms with E-state index in [1.807, 2.05) is 0 Å². The predicted octanol–water partition coefficient (Wildman–Crippen LogP) is 1.03. The second kappa shape index (κ2) is 6.05. The summed E-state index contributed by atoms with van der Waals surface area (Å²) < 4.78 is 0. The summed E-state index contributed by atoms with van der Waals surface area (Å²) in [4.78, 5) is 33.1. The van der Waals surface area contributed by atoms with Gasteiger partial charge in [-0.05, 0) is 25.1 Å². The van der Waals surface area contributed by atoms with Crippen LogP contribution in [0.1, 0.15) is 17.3 Å². The second-order valence-electron chi connectivity index (χ2n) is 3.75. The van der Waals surface area contributed by atoms with Gasteiger partial charge in [0.05, 0.1) is 5.56 Å². The number of hydrogen-bond donors (Lipinski definition) is 4. The molecule has 102 valence electrons. The summed E-state index contributed by atoms with van der Waals surface area (Å²) in [6, 6.07) is 2.21. The van der Waals surface area contributed by atoms with Crippen molar-refractivity contribution < 1.29 is 19.5 Å². The fraction of sp³-hybridized carbons (Fsp3) is 0.182. The van der Waals surface area contributed by atoms with E-state index in [-0.39, 0.29) is 16.3 Å². The number of hydrogen-bond acceptors (Lipinski definition) is 3. The number of primary amides is 1. The molecule has 1 unspecified atom stereocenters. The van der Waals surface area contributed by atoms with E-state index in [0.717, 1.165) is 0 Å². The predicted molar refractivity (Wildman–Crippen MR) is 69.2 cm³/mol. The van der Waals surface area contributed by atoms with Crippen LogP contribution in [0.15, 0.2) is 18.2 Å². The molecule has 1 atom stereocenters. The van der Waals surface area contributed by atoms with Crippen LogP contribution in [0.25, 0.3) is 0 Å². The normalized spacial score (nSPS) is 11.5. The highest BCUT2D eigenvalue weighted by atomic mass is 35.5. The molecule has 19 heavy (non-hydrogen) atoms. The Morgan fingerprint density at radius 3 is 2.47 bits per heavy atom. The molecular formula is C11H12ClN3O4. The van der Waals surface area contributed by atoms with Gasteiger partial charge < -0.3 is 21.5 Å². The van der Waals surface area contributed by atoms with Crippen LogP contribution in [0.2, 0.25) is 5.02 Å². The van der Waals surface area contributed by atoms with Crippen molar-refractivity contribution in [3.8, 4) is 0 Å². The Kier molecular flexibility index (Phi) is 4.71. The van der Waals surface area contributed by atoms with Crippen LogP contribution in [0.4, 0.5) is 10.5 Å². The third-order valence-electron chi connectivity index (χ3n) is 2.16. The summed E-state index contributed by atoms with van der Waals surface area (Å²) in [5.41, 5.74) is 5.04. The first kappa shape index (κ1) is 14.8. The number of rotatable bonds is 4. The molecule has 0 bridgehead atoms. The Morgan fingerprint density at radius 2 is 1.95 bits per heavy atom. The number of urea groups is 1. The van der Waals surface area contributed by atoms with Crippen LogP contribution < -0.4 is 16.4 Å². The van der Waals surface area contributed by atoms with Crippen LogP contribution in [-0.2, 0) is 4.79 Å². The minimum absolute atomic E-state index is 0.0571. The van der Waals surface area contributed by atoms with Crippen molar-refractivity contribution in [3.05, 3.63) is 28.8 Å². The first-order valence-corrected chi connectivity index (χ1v) is 5.58. The van der Waals surface area contributed by atoms with Gasteiger partial charge in [0.2, 0.25) is 5.91 Å². The molecule has 0 aliphatic rings. The average molecular weight is 286 g/mol. The van der Waals surface area contributed by atoms with E-state index in [1.54, 1.807) is 0 Å². The molecular weight excluding hydrogens is 274 g/mol. The largest absolute Gasteiger partial charge is 0.478 e. The van der Waals surface area contributed by atoms with Gasteiger partial charge in [-0.25, -0.2) is 9.59 Å². The fourth-order valence-electron chi connectivity index (χ4n) is 1.31. The number of carboxylic acid groups (broad SMARTS) is 1. The third kappa shape index (κ3) is 4.47. The molecule has 0 aromatic heterocycles. The molecule has 0 saturated carbocycles. The van der Waals surface area contributed by atoms with Crippen molar-refractivity contribution in [3.63, 3.8) is 0 Å². The number of anilines is 1. The van der Waals surface area contributed by atoms with Gasteiger partial charge in [0.25, 0.3) is 0 Å². The standard InChI is InChI=1S/C11H12ClN3O4/c1-5(14-11(13)19)9(16)15-8-3-6(10(17)18)2-7(12)4-8/h2-5H,1H3,(H,15,16)(H,17,18)(H3,13,14,19). The number of amides is 3. The highest BCUT2D eigenvalue weighted by molar-refractivity contribution is 6.31. The highest BCUT2D eigenvalue weighted by Crippen LogP contribution is 2.19. The first-order valence-electron chi connectivity index (χ1n) is 5.20. The number of carboxylic acids is 1. The van der Waals surface area contributed by atoms with E-state index >= 15 is 0 Å². The lowest BCUT2D eigenvalue weighted by atomic mass is 10.2. The average Bonchev–Trinajstić information content (AvgIpc) is 2.26. The van der Waals surface area contributed by atoms with Crippen LogP contribution >= 0.6 is 11.6 Å². The summed E-state index contributed by atoms with van der Waals surface area (Å²) >= 11 is 5.74. The van der Waals surface area contributed by atoms with Crippen molar-refractivity contribution in [1.82, 2.24) is 5.32 Å². The van der Waals surface area contributed by atoms with Gasteiger partial charge in [-0.2, -0.15) is 0 Å². The summed E-state index contributed by atoms with van der Waals surface area (Å²) in [5.74, 6) is -1.71. The van der Waals surface area contributed by atoms with E-state index in [1.165, 1.54) is 25.1 Å². The van der Waals surface area contributed by atoms with Crippen LogP contribution in [0.5, 0.6) is 0 Å². The van der Waals surface area contributed by atoms with Crippen LogP contribution in [-0.4, -0.2) is 29.1 Å². The van der Waals surface area contributed by atoms with Gasteiger partial charge in [-0.15, -0.1) is 0 Å². The Hall–Kier alpha value is -2.28. The third-order valence-corrected chi connectivity index (χ3v) is 2.38. The second-order valence-corrected chi connectivity index (χ2v) is 4.19. The molecule has 3 amide bonds. The maximum absolute atomic E-state index is 11.7. The summed E-state index contributed by atoms with van der Waals surface area (Å²) in [5, 5.41) is 13.6. The van der Waals surface area contributed by atoms with E-state index in [4.69, 9.17) is 22.4 Å². The molecule has 0 aliphatic heterocycles. The van der Waals surface area contributed by atoms with E-state index in [0.29, 0.717) is 0 Å². The molecule has 0 fully saturated rings. The molecule has 0 aliphatic carbocycles. The Labute approximate surface area is 113 Å². The SMILES string of the molecule is CC(NC(N)=O)C(=O)Nc1cc(Cl)cc(C(=O)O)c1. The number of nitrogens with one attached hydrogen (secondary N) is 2. The number of nitrogens with two attached hydrogens (primary N) is 1. The fourth-order valence-corrected chi connectivity index (χ4v) is 1.55. The zero-order valence-corrected chi connectivity index (χ0v) is 10.7. The van der Waals surface area contributed by atoms with Crippen molar-refractivity contribution in [2.24, 2.45) is 5.73 Å². The lowest BCUT2D eigenvalue weighted by Gasteiger charge is -2.13. The van der Waals surface area contributed by atoms with Gasteiger partial charge >= 0.3 is 12.0 Å². The summed E-state index contributed by atoms with van der Waals surface area (Å²) in [6.07, 6.45) is 0. The lowest BCUT2D eigenvalue weighted by Crippen LogP contribution is -2.44. The molecule has 5 N–H and O–H groups in total. The van der Waals surface area contributed by atoms with Crippen molar-refractivity contribution >= 4 is 35.2 Å². The number of halogens is 1. The van der Waals surface area contributed by atoms with Crippen molar-refractivity contribution in [2.75, 3.05) is 5.32 Å². The maximum Gasteiger partial charge on any atom is 0.335 e. The molecule has 0 heterocycles. The molecule has 8 heteroatoms. The van der Waals surface area contributed by atoms with E-state index in [9.17, 15) is 14.4 Å². The molecule has 0 radical (unpaired) electrons. The smallest absolute Gasteiger partial charge is 0.335 e.